The molecule has 0 fully saturated rings. The van der Waals surface area contributed by atoms with E-state index in [2.05, 4.69) is 0 Å². The van der Waals surface area contributed by atoms with E-state index in [9.17, 15) is 9.59 Å². The molecule has 1 N–H and O–H groups in total. The molecule has 18 heavy (non-hydrogen) atoms. The minimum absolute atomic E-state index is 0.0845. The predicted molar refractivity (Wildman–Crippen MR) is 67.3 cm³/mol. The molecule has 0 aliphatic carbocycles. The number of nitrogens with zero attached hydrogens (tertiary/aromatic N) is 1. The number of thiazole rings is 1. The summed E-state index contributed by atoms with van der Waals surface area (Å²) >= 11 is 1.29. The minimum atomic E-state index is -0.487. The van der Waals surface area contributed by atoms with Gasteiger partial charge in [0.25, 0.3) is 0 Å². The lowest BCUT2D eigenvalue weighted by atomic mass is 10.1. The topological polar surface area (TPSA) is 68.0 Å². The van der Waals surface area contributed by atoms with Crippen LogP contribution in [0.15, 0.2) is 6.20 Å². The summed E-state index contributed by atoms with van der Waals surface area (Å²) in [7, 11) is 0. The van der Waals surface area contributed by atoms with Crippen LogP contribution < -0.4 is 0 Å². The smallest absolute Gasteiger partial charge is 0.340 e. The summed E-state index contributed by atoms with van der Waals surface area (Å²) in [4.78, 5) is 24.4. The van der Waals surface area contributed by atoms with E-state index in [1.165, 1.54) is 11.3 Å². The Labute approximate surface area is 108 Å². The highest BCUT2D eigenvalue weighted by atomic mass is 32.1. The number of aryl methyl sites for hydroxylation is 1. The average Bonchev–Trinajstić information content (AvgIpc) is 2.88. The quantitative estimate of drug-likeness (QED) is 0.677. The molecule has 0 spiro atoms. The minimum Gasteiger partial charge on any atom is -0.462 e. The Morgan fingerprint density at radius 3 is 2.89 bits per heavy atom. The molecule has 0 unspecified atom stereocenters. The number of hydrogen-bond acceptors (Lipinski definition) is 5. The lowest BCUT2D eigenvalue weighted by Gasteiger charge is -2.01. The second-order valence-corrected chi connectivity index (χ2v) is 4.86. The molecule has 6 heteroatoms. The first kappa shape index (κ1) is 12.8. The van der Waals surface area contributed by atoms with E-state index < -0.39 is 5.97 Å². The van der Waals surface area contributed by atoms with Gasteiger partial charge in [0, 0.05) is 16.8 Å². The summed E-state index contributed by atoms with van der Waals surface area (Å²) < 4.78 is 6.69. The van der Waals surface area contributed by atoms with Crippen molar-refractivity contribution in [1.82, 2.24) is 4.40 Å². The molecule has 2 aromatic rings. The maximum absolute atomic E-state index is 11.8. The lowest BCUT2D eigenvalue weighted by molar-refractivity contribution is 0.0523. The summed E-state index contributed by atoms with van der Waals surface area (Å²) in [5.74, 6) is -0.487. The summed E-state index contributed by atoms with van der Waals surface area (Å²) in [6.45, 7) is 3.65. The highest BCUT2D eigenvalue weighted by Gasteiger charge is 2.23. The zero-order valence-electron chi connectivity index (χ0n) is 10.1. The van der Waals surface area contributed by atoms with Crippen molar-refractivity contribution < 1.29 is 19.4 Å². The van der Waals surface area contributed by atoms with Gasteiger partial charge in [-0.25, -0.2) is 4.79 Å². The molecule has 0 amide bonds. The standard InChI is InChI=1S/C12H13NO4S/c1-3-17-12(16)10-7(2)13-4-8(5-14)18-11(13)9(10)6-15/h4,6,14H,3,5H2,1-2H3. The zero-order valence-corrected chi connectivity index (χ0v) is 10.9. The van der Waals surface area contributed by atoms with Crippen LogP contribution in [-0.2, 0) is 11.3 Å². The Kier molecular flexibility index (Phi) is 3.49. The van der Waals surface area contributed by atoms with Crippen molar-refractivity contribution in [1.29, 1.82) is 0 Å². The molecule has 96 valence electrons. The van der Waals surface area contributed by atoms with Crippen molar-refractivity contribution in [2.75, 3.05) is 6.61 Å². The second kappa shape index (κ2) is 4.91. The average molecular weight is 267 g/mol. The van der Waals surface area contributed by atoms with Crippen molar-refractivity contribution in [2.45, 2.75) is 20.5 Å². The van der Waals surface area contributed by atoms with Gasteiger partial charge >= 0.3 is 5.97 Å². The van der Waals surface area contributed by atoms with Crippen LogP contribution >= 0.6 is 11.3 Å². The van der Waals surface area contributed by atoms with Crippen molar-refractivity contribution >= 4 is 28.4 Å². The third-order valence-electron chi connectivity index (χ3n) is 2.70. The number of ether oxygens (including phenoxy) is 1. The third kappa shape index (κ3) is 1.83. The second-order valence-electron chi connectivity index (χ2n) is 3.74. The molecule has 0 aliphatic heterocycles. The Bertz CT molecular complexity index is 611. The van der Waals surface area contributed by atoms with Crippen LogP contribution in [0.2, 0.25) is 0 Å². The fourth-order valence-corrected chi connectivity index (χ4v) is 2.92. The molecule has 2 heterocycles. The first-order valence-corrected chi connectivity index (χ1v) is 6.32. The van der Waals surface area contributed by atoms with Gasteiger partial charge in [0.15, 0.2) is 6.29 Å². The summed E-state index contributed by atoms with van der Waals surface area (Å²) in [5, 5.41) is 9.09. The highest BCUT2D eigenvalue weighted by molar-refractivity contribution is 7.17. The molecule has 0 saturated carbocycles. The number of rotatable bonds is 4. The third-order valence-corrected chi connectivity index (χ3v) is 3.80. The summed E-state index contributed by atoms with van der Waals surface area (Å²) in [6.07, 6.45) is 2.39. The molecule has 0 atom stereocenters. The maximum Gasteiger partial charge on any atom is 0.340 e. The van der Waals surface area contributed by atoms with Crippen LogP contribution in [0.5, 0.6) is 0 Å². The number of esters is 1. The van der Waals surface area contributed by atoms with Crippen molar-refractivity contribution in [2.24, 2.45) is 0 Å². The van der Waals surface area contributed by atoms with Crippen LogP contribution in [0.1, 0.15) is 38.2 Å². The Hall–Kier alpha value is -1.66. The molecule has 5 nitrogen and oxygen atoms in total. The van der Waals surface area contributed by atoms with Crippen LogP contribution in [0, 0.1) is 6.92 Å². The van der Waals surface area contributed by atoms with Gasteiger partial charge in [0.1, 0.15) is 4.83 Å². The molecule has 0 saturated heterocycles. The van der Waals surface area contributed by atoms with E-state index in [0.29, 0.717) is 27.9 Å². The van der Waals surface area contributed by atoms with Crippen molar-refractivity contribution in [3.05, 3.63) is 27.9 Å². The normalized spacial score (nSPS) is 10.8. The number of aromatic nitrogens is 1. The Balaban J connectivity index is 2.66. The molecular formula is C12H13NO4S. The van der Waals surface area contributed by atoms with E-state index in [1.54, 1.807) is 24.4 Å². The van der Waals surface area contributed by atoms with Gasteiger partial charge in [-0.3, -0.25) is 4.79 Å². The number of carbonyl (C=O) groups is 2. The SMILES string of the molecule is CCOC(=O)c1c(C=O)c2sc(CO)cn2c1C. The number of carbonyl (C=O) groups excluding carboxylic acids is 2. The largest absolute Gasteiger partial charge is 0.462 e. The fourth-order valence-electron chi connectivity index (χ4n) is 1.90. The maximum atomic E-state index is 11.8. The van der Waals surface area contributed by atoms with E-state index >= 15 is 0 Å². The highest BCUT2D eigenvalue weighted by Crippen LogP contribution is 2.29. The van der Waals surface area contributed by atoms with Gasteiger partial charge in [-0.05, 0) is 13.8 Å². The lowest BCUT2D eigenvalue weighted by Crippen LogP contribution is -2.08. The Morgan fingerprint density at radius 1 is 1.61 bits per heavy atom. The fraction of sp³-hybridized carbons (Fsp3) is 0.333. The molecule has 2 rings (SSSR count). The number of aliphatic hydroxyl groups excluding tert-OH is 1. The Morgan fingerprint density at radius 2 is 2.33 bits per heavy atom. The number of aldehydes is 1. The number of fused-ring (bicyclic) bond motifs is 1. The van der Waals surface area contributed by atoms with Crippen LogP contribution in [0.4, 0.5) is 0 Å². The molecule has 0 bridgehead atoms. The molecule has 2 aromatic heterocycles. The number of aliphatic hydroxyl groups is 1. The summed E-state index contributed by atoms with van der Waals surface area (Å²) in [6, 6.07) is 0. The van der Waals surface area contributed by atoms with Gasteiger partial charge in [0.2, 0.25) is 0 Å². The van der Waals surface area contributed by atoms with Crippen LogP contribution in [0.25, 0.3) is 4.83 Å². The predicted octanol–water partition coefficient (Wildman–Crippen LogP) is 1.79. The molecule has 0 aromatic carbocycles. The number of hydrogen-bond donors (Lipinski definition) is 1. The summed E-state index contributed by atoms with van der Waals surface area (Å²) in [5.41, 5.74) is 1.29. The van der Waals surface area contributed by atoms with Gasteiger partial charge in [-0.1, -0.05) is 0 Å². The van der Waals surface area contributed by atoms with E-state index in [0.717, 1.165) is 4.88 Å². The monoisotopic (exact) mass is 267 g/mol. The van der Waals surface area contributed by atoms with Crippen molar-refractivity contribution in [3.63, 3.8) is 0 Å². The van der Waals surface area contributed by atoms with E-state index in [-0.39, 0.29) is 13.2 Å². The van der Waals surface area contributed by atoms with Crippen LogP contribution in [-0.4, -0.2) is 28.4 Å². The van der Waals surface area contributed by atoms with Gasteiger partial charge < -0.3 is 14.2 Å². The zero-order chi connectivity index (χ0) is 13.3. The van der Waals surface area contributed by atoms with Gasteiger partial charge in [0.05, 0.1) is 24.3 Å². The molecule has 0 radical (unpaired) electrons. The van der Waals surface area contributed by atoms with E-state index in [1.807, 2.05) is 0 Å². The van der Waals surface area contributed by atoms with Gasteiger partial charge in [-0.15, -0.1) is 11.3 Å². The van der Waals surface area contributed by atoms with Gasteiger partial charge in [-0.2, -0.15) is 0 Å². The van der Waals surface area contributed by atoms with E-state index in [4.69, 9.17) is 9.84 Å². The molecule has 0 aliphatic rings. The van der Waals surface area contributed by atoms with Crippen molar-refractivity contribution in [3.8, 4) is 0 Å². The van der Waals surface area contributed by atoms with Crippen LogP contribution in [0.3, 0.4) is 0 Å². The molecular weight excluding hydrogens is 254 g/mol. The first-order chi connectivity index (χ1) is 8.63. The first-order valence-electron chi connectivity index (χ1n) is 5.50.